The van der Waals surface area contributed by atoms with E-state index in [0.717, 1.165) is 43.6 Å². The van der Waals surface area contributed by atoms with Crippen LogP contribution in [0.5, 0.6) is 0 Å². The SMILES string of the molecule is Cc1cn(C2CCN(Cc3cccnc3)CC2)c(=O)nc1SCc1cc(-c2cc(Cl)cc(Cl)c2)no1. The molecule has 10 heteroatoms. The zero-order chi connectivity index (χ0) is 25.1. The molecule has 0 N–H and O–H groups in total. The van der Waals surface area contributed by atoms with E-state index in [0.29, 0.717) is 32.3 Å². The molecule has 1 aliphatic heterocycles. The molecule has 7 nitrogen and oxygen atoms in total. The number of piperidine rings is 1. The molecule has 186 valence electrons. The highest BCUT2D eigenvalue weighted by atomic mass is 35.5. The molecule has 0 spiro atoms. The standard InChI is InChI=1S/C26H25Cl2N5O2S/c1-17-14-33(22-4-7-32(8-5-22)15-18-3-2-6-29-13-18)26(34)30-25(17)36-16-23-12-24(31-35-23)19-9-20(27)11-21(28)10-19/h2-3,6,9-14,22H,4-5,7-8,15-16H2,1H3. The first kappa shape index (κ1) is 25.0. The summed E-state index contributed by atoms with van der Waals surface area (Å²) in [4.78, 5) is 23.9. The molecule has 1 fully saturated rings. The second-order valence-electron chi connectivity index (χ2n) is 8.91. The van der Waals surface area contributed by atoms with Crippen molar-refractivity contribution < 1.29 is 4.52 Å². The molecule has 1 saturated heterocycles. The Labute approximate surface area is 223 Å². The Bertz CT molecular complexity index is 1380. The molecule has 1 aliphatic rings. The van der Waals surface area contributed by atoms with Gasteiger partial charge >= 0.3 is 5.69 Å². The van der Waals surface area contributed by atoms with E-state index in [1.807, 2.05) is 31.5 Å². The van der Waals surface area contributed by atoms with Crippen LogP contribution < -0.4 is 5.69 Å². The van der Waals surface area contributed by atoms with Crippen molar-refractivity contribution in [3.8, 4) is 11.3 Å². The summed E-state index contributed by atoms with van der Waals surface area (Å²) in [7, 11) is 0. The van der Waals surface area contributed by atoms with Crippen molar-refractivity contribution in [2.75, 3.05) is 13.1 Å². The second-order valence-corrected chi connectivity index (χ2v) is 10.7. The van der Waals surface area contributed by atoms with Crippen molar-refractivity contribution in [1.29, 1.82) is 0 Å². The lowest BCUT2D eigenvalue weighted by atomic mass is 10.0. The fourth-order valence-electron chi connectivity index (χ4n) is 4.42. The van der Waals surface area contributed by atoms with Gasteiger partial charge in [0.2, 0.25) is 0 Å². The van der Waals surface area contributed by atoms with Gasteiger partial charge in [0.1, 0.15) is 16.5 Å². The zero-order valence-corrected chi connectivity index (χ0v) is 22.1. The van der Waals surface area contributed by atoms with Crippen molar-refractivity contribution in [2.45, 2.75) is 43.1 Å². The maximum absolute atomic E-state index is 12.9. The number of aromatic nitrogens is 4. The van der Waals surface area contributed by atoms with Gasteiger partial charge in [-0.3, -0.25) is 14.5 Å². The van der Waals surface area contributed by atoms with Gasteiger partial charge in [0.05, 0.1) is 5.75 Å². The van der Waals surface area contributed by atoms with E-state index in [4.69, 9.17) is 27.7 Å². The van der Waals surface area contributed by atoms with Crippen LogP contribution in [0.1, 0.15) is 35.8 Å². The zero-order valence-electron chi connectivity index (χ0n) is 19.7. The Hall–Kier alpha value is -2.65. The van der Waals surface area contributed by atoms with Crippen LogP contribution in [0.2, 0.25) is 10.0 Å². The number of hydrogen-bond acceptors (Lipinski definition) is 7. The van der Waals surface area contributed by atoms with Crippen LogP contribution in [0.3, 0.4) is 0 Å². The Morgan fingerprint density at radius 2 is 1.92 bits per heavy atom. The summed E-state index contributed by atoms with van der Waals surface area (Å²) in [6, 6.07) is 11.3. The number of rotatable bonds is 7. The third-order valence-corrected chi connectivity index (χ3v) is 7.79. The Morgan fingerprint density at radius 1 is 1.14 bits per heavy atom. The average molecular weight is 542 g/mol. The van der Waals surface area contributed by atoms with Crippen molar-refractivity contribution >= 4 is 35.0 Å². The van der Waals surface area contributed by atoms with Gasteiger partial charge in [-0.05, 0) is 55.2 Å². The molecule has 5 rings (SSSR count). The minimum atomic E-state index is -0.208. The van der Waals surface area contributed by atoms with Crippen LogP contribution in [-0.4, -0.2) is 37.7 Å². The molecule has 0 bridgehead atoms. The molecule has 0 amide bonds. The predicted octanol–water partition coefficient (Wildman–Crippen LogP) is 6.04. The van der Waals surface area contributed by atoms with Crippen LogP contribution in [0, 0.1) is 6.92 Å². The number of likely N-dealkylation sites (tertiary alicyclic amines) is 1. The van der Waals surface area contributed by atoms with Crippen molar-refractivity contribution in [3.05, 3.63) is 92.4 Å². The Kier molecular flexibility index (Phi) is 7.76. The van der Waals surface area contributed by atoms with Crippen molar-refractivity contribution in [2.24, 2.45) is 0 Å². The molecule has 3 aromatic heterocycles. The minimum absolute atomic E-state index is 0.161. The highest BCUT2D eigenvalue weighted by Gasteiger charge is 2.22. The van der Waals surface area contributed by atoms with Gasteiger partial charge in [0.15, 0.2) is 0 Å². The maximum atomic E-state index is 12.9. The smallest absolute Gasteiger partial charge is 0.348 e. The van der Waals surface area contributed by atoms with E-state index in [-0.39, 0.29) is 11.7 Å². The molecule has 4 heterocycles. The summed E-state index contributed by atoms with van der Waals surface area (Å²) in [6.45, 7) is 4.75. The third-order valence-electron chi connectivity index (χ3n) is 6.24. The molecule has 4 aromatic rings. The monoisotopic (exact) mass is 541 g/mol. The quantitative estimate of drug-likeness (QED) is 0.208. The number of benzene rings is 1. The van der Waals surface area contributed by atoms with Crippen LogP contribution in [0.25, 0.3) is 11.3 Å². The molecule has 1 aromatic carbocycles. The van der Waals surface area contributed by atoms with E-state index in [9.17, 15) is 4.79 Å². The number of thioether (sulfide) groups is 1. The number of nitrogens with zero attached hydrogens (tertiary/aromatic N) is 5. The van der Waals surface area contributed by atoms with E-state index in [2.05, 4.69) is 26.1 Å². The number of aryl methyl sites for hydroxylation is 1. The lowest BCUT2D eigenvalue weighted by Gasteiger charge is -2.32. The first-order valence-electron chi connectivity index (χ1n) is 11.7. The molecule has 0 radical (unpaired) electrons. The first-order valence-corrected chi connectivity index (χ1v) is 13.4. The molecule has 0 aliphatic carbocycles. The van der Waals surface area contributed by atoms with Crippen LogP contribution >= 0.6 is 35.0 Å². The topological polar surface area (TPSA) is 77.1 Å². The van der Waals surface area contributed by atoms with Gasteiger partial charge in [-0.1, -0.05) is 46.2 Å². The summed E-state index contributed by atoms with van der Waals surface area (Å²) < 4.78 is 7.29. The van der Waals surface area contributed by atoms with E-state index in [1.165, 1.54) is 17.3 Å². The van der Waals surface area contributed by atoms with E-state index < -0.39 is 0 Å². The summed E-state index contributed by atoms with van der Waals surface area (Å²) in [5, 5.41) is 5.91. The van der Waals surface area contributed by atoms with Crippen LogP contribution in [0.15, 0.2) is 69.3 Å². The normalized spacial score (nSPS) is 14.9. The molecular weight excluding hydrogens is 517 g/mol. The van der Waals surface area contributed by atoms with Gasteiger partial charge < -0.3 is 4.52 Å². The Balaban J connectivity index is 1.20. The maximum Gasteiger partial charge on any atom is 0.348 e. The van der Waals surface area contributed by atoms with Gasteiger partial charge in [0.25, 0.3) is 0 Å². The Morgan fingerprint density at radius 3 is 2.64 bits per heavy atom. The molecule has 36 heavy (non-hydrogen) atoms. The summed E-state index contributed by atoms with van der Waals surface area (Å²) in [6.07, 6.45) is 7.48. The summed E-state index contributed by atoms with van der Waals surface area (Å²) in [5.41, 5.74) is 3.42. The lowest BCUT2D eigenvalue weighted by molar-refractivity contribution is 0.176. The number of hydrogen-bond donors (Lipinski definition) is 0. The van der Waals surface area contributed by atoms with Crippen molar-refractivity contribution in [3.63, 3.8) is 0 Å². The van der Waals surface area contributed by atoms with Crippen LogP contribution in [0.4, 0.5) is 0 Å². The van der Waals surface area contributed by atoms with Crippen molar-refractivity contribution in [1.82, 2.24) is 24.6 Å². The summed E-state index contributed by atoms with van der Waals surface area (Å²) >= 11 is 13.7. The van der Waals surface area contributed by atoms with Gasteiger partial charge in [0, 0.05) is 65.9 Å². The highest BCUT2D eigenvalue weighted by molar-refractivity contribution is 7.98. The minimum Gasteiger partial charge on any atom is -0.360 e. The second kappa shape index (κ2) is 11.2. The van der Waals surface area contributed by atoms with E-state index in [1.54, 1.807) is 29.0 Å². The van der Waals surface area contributed by atoms with Gasteiger partial charge in [-0.25, -0.2) is 4.79 Å². The fourth-order valence-corrected chi connectivity index (χ4v) is 5.79. The largest absolute Gasteiger partial charge is 0.360 e. The first-order chi connectivity index (χ1) is 17.4. The molecular formula is C26H25Cl2N5O2S. The van der Waals surface area contributed by atoms with Crippen LogP contribution in [-0.2, 0) is 12.3 Å². The fraction of sp³-hybridized carbons (Fsp3) is 0.308. The number of pyridine rings is 1. The number of halogens is 2. The highest BCUT2D eigenvalue weighted by Crippen LogP contribution is 2.30. The third kappa shape index (κ3) is 6.00. The molecule has 0 saturated carbocycles. The van der Waals surface area contributed by atoms with Gasteiger partial charge in [-0.15, -0.1) is 0 Å². The average Bonchev–Trinajstić information content (AvgIpc) is 3.34. The van der Waals surface area contributed by atoms with E-state index >= 15 is 0 Å². The summed E-state index contributed by atoms with van der Waals surface area (Å²) in [5.74, 6) is 1.18. The predicted molar refractivity (Wildman–Crippen MR) is 143 cm³/mol. The molecule has 0 unspecified atom stereocenters. The lowest BCUT2D eigenvalue weighted by Crippen LogP contribution is -2.37. The molecule has 0 atom stereocenters. The van der Waals surface area contributed by atoms with Gasteiger partial charge in [-0.2, -0.15) is 4.98 Å².